The van der Waals surface area contributed by atoms with Crippen LogP contribution in [-0.4, -0.2) is 5.97 Å². The smallest absolute Gasteiger partial charge is 0.311 e. The fourth-order valence-corrected chi connectivity index (χ4v) is 3.72. The number of para-hydroxylation sites is 1. The first-order valence-corrected chi connectivity index (χ1v) is 10.8. The lowest BCUT2D eigenvalue weighted by Crippen LogP contribution is -2.14. The lowest BCUT2D eigenvalue weighted by atomic mass is 9.94. The van der Waals surface area contributed by atoms with Crippen LogP contribution in [0.4, 0.5) is 4.39 Å². The van der Waals surface area contributed by atoms with Gasteiger partial charge in [-0.3, -0.25) is 4.79 Å². The Balaban J connectivity index is 1.76. The molecule has 0 aromatic heterocycles. The Morgan fingerprint density at radius 1 is 1.22 bits per heavy atom. The predicted molar refractivity (Wildman–Crippen MR) is 122 cm³/mol. The van der Waals surface area contributed by atoms with Crippen LogP contribution < -0.4 is 4.74 Å². The van der Waals surface area contributed by atoms with Crippen LogP contribution in [-0.2, 0) is 9.53 Å². The third-order valence-corrected chi connectivity index (χ3v) is 6.48. The van der Waals surface area contributed by atoms with E-state index >= 15 is 0 Å². The Kier molecular flexibility index (Phi) is 6.67. The van der Waals surface area contributed by atoms with Crippen molar-refractivity contribution in [2.24, 2.45) is 22.7 Å². The largest absolute Gasteiger partial charge is 0.454 e. The van der Waals surface area contributed by atoms with Crippen molar-refractivity contribution in [1.82, 2.24) is 0 Å². The summed E-state index contributed by atoms with van der Waals surface area (Å²) in [6.07, 6.45) is 0.735. The van der Waals surface area contributed by atoms with Crippen molar-refractivity contribution in [3.05, 3.63) is 71.0 Å². The zero-order valence-electron chi connectivity index (χ0n) is 18.9. The minimum atomic E-state index is -1.18. The van der Waals surface area contributed by atoms with Crippen LogP contribution in [0.2, 0.25) is 0 Å². The standard InChI is InChI=1S/C26H27ClFNO3/c1-25(2,3)22(27)14-18-23(26(18,4)5)24(30)32-21(15-29)16-11-12-19(28)20(13-16)31-17-9-7-6-8-10-17/h6-14,18,21,23H,1-5H3/b22-14-. The topological polar surface area (TPSA) is 59.3 Å². The number of hydrogen-bond donors (Lipinski definition) is 0. The molecule has 1 aliphatic carbocycles. The molecule has 3 rings (SSSR count). The number of benzene rings is 2. The summed E-state index contributed by atoms with van der Waals surface area (Å²) in [6, 6.07) is 14.7. The van der Waals surface area contributed by atoms with Crippen LogP contribution in [0.5, 0.6) is 11.5 Å². The van der Waals surface area contributed by atoms with Gasteiger partial charge in [0.1, 0.15) is 11.8 Å². The number of carbonyl (C=O) groups is 1. The zero-order chi connectivity index (χ0) is 23.7. The second-order valence-corrected chi connectivity index (χ2v) is 10.0. The molecular weight excluding hydrogens is 429 g/mol. The van der Waals surface area contributed by atoms with Gasteiger partial charge in [-0.2, -0.15) is 5.26 Å². The third kappa shape index (κ3) is 5.14. The Morgan fingerprint density at radius 3 is 2.47 bits per heavy atom. The molecule has 2 aromatic carbocycles. The normalized spacial score (nSPS) is 20.8. The monoisotopic (exact) mass is 455 g/mol. The van der Waals surface area contributed by atoms with Gasteiger partial charge in [0.05, 0.1) is 5.92 Å². The van der Waals surface area contributed by atoms with Gasteiger partial charge in [0.2, 0.25) is 6.10 Å². The number of hydrogen-bond acceptors (Lipinski definition) is 4. The maximum Gasteiger partial charge on any atom is 0.311 e. The van der Waals surface area contributed by atoms with Gasteiger partial charge in [-0.05, 0) is 41.0 Å². The van der Waals surface area contributed by atoms with E-state index in [0.29, 0.717) is 16.3 Å². The van der Waals surface area contributed by atoms with Crippen LogP contribution in [0.3, 0.4) is 0 Å². The van der Waals surface area contributed by atoms with Crippen molar-refractivity contribution >= 4 is 17.6 Å². The minimum Gasteiger partial charge on any atom is -0.454 e. The maximum absolute atomic E-state index is 14.3. The molecule has 0 bridgehead atoms. The van der Waals surface area contributed by atoms with E-state index in [1.54, 1.807) is 24.3 Å². The highest BCUT2D eigenvalue weighted by Gasteiger charge is 2.62. The molecule has 3 atom stereocenters. The van der Waals surface area contributed by atoms with Gasteiger partial charge in [-0.15, -0.1) is 0 Å². The number of allylic oxidation sites excluding steroid dienone is 2. The molecule has 1 saturated carbocycles. The van der Waals surface area contributed by atoms with E-state index in [-0.39, 0.29) is 22.5 Å². The summed E-state index contributed by atoms with van der Waals surface area (Å²) >= 11 is 6.42. The molecule has 32 heavy (non-hydrogen) atoms. The number of halogens is 2. The molecule has 2 aromatic rings. The summed E-state index contributed by atoms with van der Waals surface area (Å²) in [4.78, 5) is 12.9. The van der Waals surface area contributed by atoms with E-state index in [1.807, 2.05) is 52.8 Å². The Labute approximate surface area is 193 Å². The van der Waals surface area contributed by atoms with E-state index < -0.39 is 23.8 Å². The van der Waals surface area contributed by atoms with Gasteiger partial charge in [0.15, 0.2) is 11.6 Å². The zero-order valence-corrected chi connectivity index (χ0v) is 19.6. The molecule has 168 valence electrons. The number of nitriles is 1. The summed E-state index contributed by atoms with van der Waals surface area (Å²) in [6.45, 7) is 9.95. The molecule has 0 amide bonds. The minimum absolute atomic E-state index is 0.0467. The van der Waals surface area contributed by atoms with Gasteiger partial charge in [-0.25, -0.2) is 4.39 Å². The summed E-state index contributed by atoms with van der Waals surface area (Å²) in [5.41, 5.74) is -0.202. The van der Waals surface area contributed by atoms with Crippen molar-refractivity contribution < 1.29 is 18.7 Å². The molecule has 0 heterocycles. The molecule has 0 radical (unpaired) electrons. The molecule has 0 aliphatic heterocycles. The number of nitrogens with zero attached hydrogens (tertiary/aromatic N) is 1. The molecule has 1 aliphatic rings. The first kappa shape index (κ1) is 23.8. The van der Waals surface area contributed by atoms with E-state index in [1.165, 1.54) is 18.2 Å². The van der Waals surface area contributed by atoms with Gasteiger partial charge in [-0.1, -0.05) is 76.6 Å². The molecule has 0 spiro atoms. The van der Waals surface area contributed by atoms with E-state index in [2.05, 4.69) is 0 Å². The molecule has 3 unspecified atom stereocenters. The first-order chi connectivity index (χ1) is 14.9. The summed E-state index contributed by atoms with van der Waals surface area (Å²) in [7, 11) is 0. The van der Waals surface area contributed by atoms with Crippen molar-refractivity contribution in [2.75, 3.05) is 0 Å². The van der Waals surface area contributed by atoms with Gasteiger partial charge in [0.25, 0.3) is 0 Å². The van der Waals surface area contributed by atoms with E-state index in [9.17, 15) is 14.4 Å². The second kappa shape index (κ2) is 8.96. The van der Waals surface area contributed by atoms with E-state index in [0.717, 1.165) is 0 Å². The average Bonchev–Trinajstić information content (AvgIpc) is 3.27. The SMILES string of the molecule is CC(C)(C)/C(Cl)=C/C1C(C(=O)OC(C#N)c2ccc(F)c(Oc3ccccc3)c2)C1(C)C. The number of ether oxygens (including phenoxy) is 2. The molecule has 6 heteroatoms. The highest BCUT2D eigenvalue weighted by molar-refractivity contribution is 6.30. The fourth-order valence-electron chi connectivity index (χ4n) is 3.58. The quantitative estimate of drug-likeness (QED) is 0.433. The Morgan fingerprint density at radius 2 is 1.88 bits per heavy atom. The van der Waals surface area contributed by atoms with Crippen LogP contribution in [0.25, 0.3) is 0 Å². The predicted octanol–water partition coefficient (Wildman–Crippen LogP) is 7.17. The number of esters is 1. The number of carbonyl (C=O) groups excluding carboxylic acids is 1. The summed E-state index contributed by atoms with van der Waals surface area (Å²) in [5.74, 6) is -1.13. The summed E-state index contributed by atoms with van der Waals surface area (Å²) in [5, 5.41) is 10.3. The molecule has 0 saturated heterocycles. The molecule has 0 N–H and O–H groups in total. The van der Waals surface area contributed by atoms with E-state index in [4.69, 9.17) is 21.1 Å². The lowest BCUT2D eigenvalue weighted by Gasteiger charge is -2.17. The van der Waals surface area contributed by atoms with Crippen molar-refractivity contribution in [3.63, 3.8) is 0 Å². The molecule has 1 fully saturated rings. The maximum atomic E-state index is 14.3. The fraction of sp³-hybridized carbons (Fsp3) is 0.385. The van der Waals surface area contributed by atoms with Crippen LogP contribution in [0.15, 0.2) is 59.6 Å². The summed E-state index contributed by atoms with van der Waals surface area (Å²) < 4.78 is 25.4. The lowest BCUT2D eigenvalue weighted by molar-refractivity contribution is -0.149. The molecule has 4 nitrogen and oxygen atoms in total. The Hall–Kier alpha value is -2.84. The van der Waals surface area contributed by atoms with Crippen molar-refractivity contribution in [3.8, 4) is 17.6 Å². The van der Waals surface area contributed by atoms with Gasteiger partial charge >= 0.3 is 5.97 Å². The highest BCUT2D eigenvalue weighted by Crippen LogP contribution is 2.60. The van der Waals surface area contributed by atoms with Gasteiger partial charge in [0, 0.05) is 10.6 Å². The van der Waals surface area contributed by atoms with Gasteiger partial charge < -0.3 is 9.47 Å². The second-order valence-electron chi connectivity index (χ2n) is 9.64. The highest BCUT2D eigenvalue weighted by atomic mass is 35.5. The Bertz CT molecular complexity index is 1070. The third-order valence-electron chi connectivity index (χ3n) is 5.79. The first-order valence-electron chi connectivity index (χ1n) is 10.5. The van der Waals surface area contributed by atoms with Crippen LogP contribution >= 0.6 is 11.6 Å². The van der Waals surface area contributed by atoms with Crippen molar-refractivity contribution in [1.29, 1.82) is 5.26 Å². The molecular formula is C26H27ClFNO3. The average molecular weight is 456 g/mol. The number of rotatable bonds is 6. The van der Waals surface area contributed by atoms with Crippen LogP contribution in [0, 0.1) is 39.8 Å². The van der Waals surface area contributed by atoms with Crippen molar-refractivity contribution in [2.45, 2.75) is 40.7 Å². The van der Waals surface area contributed by atoms with Crippen LogP contribution in [0.1, 0.15) is 46.3 Å².